The van der Waals surface area contributed by atoms with Crippen molar-refractivity contribution >= 4 is 34.9 Å². The number of carbonyl (C=O) groups excluding carboxylic acids is 3. The fourth-order valence-corrected chi connectivity index (χ4v) is 3.25. The van der Waals surface area contributed by atoms with Crippen LogP contribution < -0.4 is 25.6 Å². The van der Waals surface area contributed by atoms with Crippen molar-refractivity contribution in [1.29, 1.82) is 0 Å². The van der Waals surface area contributed by atoms with E-state index in [1.54, 1.807) is 48.5 Å². The highest BCUT2D eigenvalue weighted by Crippen LogP contribution is 2.28. The van der Waals surface area contributed by atoms with Gasteiger partial charge in [0, 0.05) is 18.7 Å². The molecule has 0 aliphatic carbocycles. The number of para-hydroxylation sites is 3. The number of anilines is 3. The molecule has 4 rings (SSSR count). The average Bonchev–Trinajstić information content (AvgIpc) is 2.80. The van der Waals surface area contributed by atoms with Crippen LogP contribution in [-0.4, -0.2) is 30.9 Å². The van der Waals surface area contributed by atoms with Gasteiger partial charge in [0.25, 0.3) is 0 Å². The van der Waals surface area contributed by atoms with Crippen molar-refractivity contribution in [2.24, 2.45) is 0 Å². The lowest BCUT2D eigenvalue weighted by Gasteiger charge is -2.29. The van der Waals surface area contributed by atoms with Crippen LogP contribution in [0.25, 0.3) is 0 Å². The second-order valence-corrected chi connectivity index (χ2v) is 7.12. The molecular weight excluding hydrogens is 408 g/mol. The van der Waals surface area contributed by atoms with Crippen molar-refractivity contribution in [3.8, 4) is 11.5 Å². The number of rotatable bonds is 6. The Morgan fingerprint density at radius 3 is 2.38 bits per heavy atom. The van der Waals surface area contributed by atoms with Gasteiger partial charge in [-0.05, 0) is 48.5 Å². The van der Waals surface area contributed by atoms with Gasteiger partial charge in [-0.1, -0.05) is 30.3 Å². The zero-order chi connectivity index (χ0) is 22.3. The topological polar surface area (TPSA) is 99.8 Å². The molecule has 0 saturated carbocycles. The Kier molecular flexibility index (Phi) is 6.31. The molecule has 0 aromatic heterocycles. The van der Waals surface area contributed by atoms with Crippen LogP contribution in [0.3, 0.4) is 0 Å². The molecule has 1 heterocycles. The summed E-state index contributed by atoms with van der Waals surface area (Å²) in [6.07, 6.45) is 0.0929. The van der Waals surface area contributed by atoms with Crippen molar-refractivity contribution < 1.29 is 19.1 Å². The Morgan fingerprint density at radius 1 is 0.906 bits per heavy atom. The number of fused-ring (bicyclic) bond motifs is 1. The minimum Gasteiger partial charge on any atom is -0.457 e. The molecule has 8 heteroatoms. The normalized spacial score (nSPS) is 12.4. The van der Waals surface area contributed by atoms with Crippen LogP contribution in [0, 0.1) is 0 Å². The Hall–Kier alpha value is -4.33. The van der Waals surface area contributed by atoms with E-state index in [2.05, 4.69) is 16.0 Å². The Morgan fingerprint density at radius 2 is 1.59 bits per heavy atom. The van der Waals surface area contributed by atoms with Crippen molar-refractivity contribution in [2.75, 3.05) is 28.6 Å². The van der Waals surface area contributed by atoms with Crippen LogP contribution in [-0.2, 0) is 9.59 Å². The smallest absolute Gasteiger partial charge is 0.322 e. The predicted octanol–water partition coefficient (Wildman–Crippen LogP) is 3.98. The molecule has 3 N–H and O–H groups in total. The van der Waals surface area contributed by atoms with Crippen LogP contribution in [0.4, 0.5) is 21.9 Å². The van der Waals surface area contributed by atoms with Gasteiger partial charge in [0.1, 0.15) is 18.0 Å². The van der Waals surface area contributed by atoms with Gasteiger partial charge in [-0.25, -0.2) is 4.79 Å². The molecule has 32 heavy (non-hydrogen) atoms. The van der Waals surface area contributed by atoms with Gasteiger partial charge in [0.2, 0.25) is 11.8 Å². The molecule has 0 saturated heterocycles. The molecule has 1 aliphatic heterocycles. The zero-order valence-corrected chi connectivity index (χ0v) is 17.2. The molecule has 0 atom stereocenters. The second kappa shape index (κ2) is 9.65. The van der Waals surface area contributed by atoms with E-state index >= 15 is 0 Å². The Balaban J connectivity index is 1.25. The summed E-state index contributed by atoms with van der Waals surface area (Å²) in [7, 11) is 0. The summed E-state index contributed by atoms with van der Waals surface area (Å²) in [5, 5.41) is 8.21. The number of nitrogens with one attached hydrogen (secondary N) is 3. The fourth-order valence-electron chi connectivity index (χ4n) is 3.25. The minimum atomic E-state index is -0.428. The van der Waals surface area contributed by atoms with E-state index in [-0.39, 0.29) is 31.3 Å². The van der Waals surface area contributed by atoms with Crippen LogP contribution in [0.1, 0.15) is 6.42 Å². The summed E-state index contributed by atoms with van der Waals surface area (Å²) in [5.74, 6) is 0.885. The SMILES string of the molecule is O=C(CCNC(=O)N1CC(=O)Nc2ccccc21)Nc1ccc(Oc2ccccc2)cc1. The standard InChI is InChI=1S/C24H22N4O4/c29-22(26-17-10-12-19(13-11-17)32-18-6-2-1-3-7-18)14-15-25-24(31)28-16-23(30)27-20-8-4-5-9-21(20)28/h1-13H,14-16H2,(H,25,31)(H,26,29)(H,27,30). The average molecular weight is 430 g/mol. The van der Waals surface area contributed by atoms with Gasteiger partial charge in [-0.15, -0.1) is 0 Å². The number of urea groups is 1. The number of hydrogen-bond donors (Lipinski definition) is 3. The first-order chi connectivity index (χ1) is 15.6. The van der Waals surface area contributed by atoms with E-state index in [0.29, 0.717) is 22.8 Å². The first-order valence-electron chi connectivity index (χ1n) is 10.2. The van der Waals surface area contributed by atoms with E-state index in [1.165, 1.54) is 4.90 Å². The number of carbonyl (C=O) groups is 3. The highest BCUT2D eigenvalue weighted by molar-refractivity contribution is 6.09. The molecular formula is C24H22N4O4. The molecule has 0 fully saturated rings. The minimum absolute atomic E-state index is 0.0769. The number of benzene rings is 3. The summed E-state index contributed by atoms with van der Waals surface area (Å²) in [4.78, 5) is 38.0. The monoisotopic (exact) mass is 430 g/mol. The van der Waals surface area contributed by atoms with Gasteiger partial charge in [0.05, 0.1) is 11.4 Å². The summed E-state index contributed by atoms with van der Waals surface area (Å²) in [6, 6.07) is 23.1. The number of hydrogen-bond acceptors (Lipinski definition) is 4. The molecule has 3 aromatic carbocycles. The quantitative estimate of drug-likeness (QED) is 0.551. The van der Waals surface area contributed by atoms with Crippen LogP contribution in [0.15, 0.2) is 78.9 Å². The number of nitrogens with zero attached hydrogens (tertiary/aromatic N) is 1. The van der Waals surface area contributed by atoms with E-state index in [1.807, 2.05) is 30.3 Å². The molecule has 162 valence electrons. The summed E-state index contributed by atoms with van der Waals surface area (Å²) < 4.78 is 5.73. The fraction of sp³-hybridized carbons (Fsp3) is 0.125. The van der Waals surface area contributed by atoms with E-state index < -0.39 is 6.03 Å². The third kappa shape index (κ3) is 5.23. The lowest BCUT2D eigenvalue weighted by Crippen LogP contribution is -2.47. The van der Waals surface area contributed by atoms with Crippen LogP contribution in [0.5, 0.6) is 11.5 Å². The first kappa shape index (κ1) is 20.9. The van der Waals surface area contributed by atoms with Gasteiger partial charge >= 0.3 is 6.03 Å². The summed E-state index contributed by atoms with van der Waals surface area (Å²) in [6.45, 7) is 0.0621. The maximum absolute atomic E-state index is 12.5. The second-order valence-electron chi connectivity index (χ2n) is 7.12. The van der Waals surface area contributed by atoms with Crippen molar-refractivity contribution in [3.63, 3.8) is 0 Å². The third-order valence-electron chi connectivity index (χ3n) is 4.76. The van der Waals surface area contributed by atoms with Gasteiger partial charge < -0.3 is 20.7 Å². The lowest BCUT2D eigenvalue weighted by atomic mass is 10.2. The molecule has 8 nitrogen and oxygen atoms in total. The molecule has 0 radical (unpaired) electrons. The van der Waals surface area contributed by atoms with Crippen molar-refractivity contribution in [2.45, 2.75) is 6.42 Å². The molecule has 0 spiro atoms. The van der Waals surface area contributed by atoms with E-state index in [4.69, 9.17) is 4.74 Å². The lowest BCUT2D eigenvalue weighted by molar-refractivity contribution is -0.116. The van der Waals surface area contributed by atoms with Crippen LogP contribution >= 0.6 is 0 Å². The molecule has 0 unspecified atom stereocenters. The third-order valence-corrected chi connectivity index (χ3v) is 4.76. The first-order valence-corrected chi connectivity index (χ1v) is 10.2. The van der Waals surface area contributed by atoms with E-state index in [9.17, 15) is 14.4 Å². The summed E-state index contributed by atoms with van der Waals surface area (Å²) in [5.41, 5.74) is 1.83. The maximum atomic E-state index is 12.5. The van der Waals surface area contributed by atoms with Gasteiger partial charge in [-0.2, -0.15) is 0 Å². The maximum Gasteiger partial charge on any atom is 0.322 e. The molecule has 3 aromatic rings. The van der Waals surface area contributed by atoms with Gasteiger partial charge in [0.15, 0.2) is 0 Å². The Labute approximate surface area is 185 Å². The molecule has 1 aliphatic rings. The largest absolute Gasteiger partial charge is 0.457 e. The van der Waals surface area contributed by atoms with Crippen molar-refractivity contribution in [1.82, 2.24) is 5.32 Å². The predicted molar refractivity (Wildman–Crippen MR) is 122 cm³/mol. The number of amides is 4. The highest BCUT2D eigenvalue weighted by Gasteiger charge is 2.26. The summed E-state index contributed by atoms with van der Waals surface area (Å²) >= 11 is 0. The molecule has 4 amide bonds. The van der Waals surface area contributed by atoms with Crippen molar-refractivity contribution in [3.05, 3.63) is 78.9 Å². The zero-order valence-electron chi connectivity index (χ0n) is 17.2. The Bertz CT molecular complexity index is 1120. The van der Waals surface area contributed by atoms with Crippen LogP contribution in [0.2, 0.25) is 0 Å². The van der Waals surface area contributed by atoms with E-state index in [0.717, 1.165) is 5.75 Å². The van der Waals surface area contributed by atoms with Gasteiger partial charge in [-0.3, -0.25) is 14.5 Å². The number of ether oxygens (including phenoxy) is 1. The highest BCUT2D eigenvalue weighted by atomic mass is 16.5. The molecule has 0 bridgehead atoms.